The molecule has 156 valence electrons. The van der Waals surface area contributed by atoms with Gasteiger partial charge in [0.05, 0.1) is 11.3 Å². The van der Waals surface area contributed by atoms with E-state index in [9.17, 15) is 13.2 Å². The summed E-state index contributed by atoms with van der Waals surface area (Å²) in [7, 11) is -0.499. The van der Waals surface area contributed by atoms with Crippen LogP contribution in [0.4, 0.5) is 5.69 Å². The van der Waals surface area contributed by atoms with E-state index in [-0.39, 0.29) is 23.8 Å². The summed E-state index contributed by atoms with van der Waals surface area (Å²) in [5.41, 5.74) is 3.38. The number of aryl methyl sites for hydroxylation is 1. The zero-order valence-electron chi connectivity index (χ0n) is 17.0. The molecule has 0 bridgehead atoms. The topological polar surface area (TPSA) is 96.6 Å². The Bertz CT molecular complexity index is 1220. The van der Waals surface area contributed by atoms with Gasteiger partial charge in [0.15, 0.2) is 5.82 Å². The van der Waals surface area contributed by atoms with Gasteiger partial charge in [0.2, 0.25) is 15.9 Å². The molecule has 9 heteroatoms. The number of nitrogens with zero attached hydrogens (tertiary/aromatic N) is 4. The number of amides is 1. The molecular weight excluding hydrogens is 404 g/mol. The highest BCUT2D eigenvalue weighted by Crippen LogP contribution is 2.30. The molecule has 0 unspecified atom stereocenters. The maximum atomic E-state index is 12.9. The van der Waals surface area contributed by atoms with Crippen molar-refractivity contribution in [2.24, 2.45) is 0 Å². The zero-order chi connectivity index (χ0) is 21.5. The van der Waals surface area contributed by atoms with Crippen LogP contribution in [-0.4, -0.2) is 49.4 Å². The normalized spacial score (nSPS) is 13.9. The van der Waals surface area contributed by atoms with Crippen molar-refractivity contribution < 1.29 is 17.7 Å². The smallest absolute Gasteiger partial charge is 0.257 e. The second-order valence-corrected chi connectivity index (χ2v) is 9.43. The number of anilines is 1. The molecule has 1 aliphatic rings. The van der Waals surface area contributed by atoms with E-state index in [0.29, 0.717) is 18.1 Å². The molecule has 0 saturated carbocycles. The van der Waals surface area contributed by atoms with Crippen molar-refractivity contribution in [1.82, 2.24) is 14.4 Å². The van der Waals surface area contributed by atoms with Crippen molar-refractivity contribution in [3.63, 3.8) is 0 Å². The zero-order valence-corrected chi connectivity index (χ0v) is 17.8. The Morgan fingerprint density at radius 1 is 1.20 bits per heavy atom. The first kappa shape index (κ1) is 20.2. The van der Waals surface area contributed by atoms with Crippen LogP contribution in [-0.2, 0) is 27.7 Å². The highest BCUT2D eigenvalue weighted by atomic mass is 32.2. The van der Waals surface area contributed by atoms with Crippen LogP contribution >= 0.6 is 0 Å². The number of fused-ring (bicyclic) bond motifs is 1. The van der Waals surface area contributed by atoms with Gasteiger partial charge in [0.25, 0.3) is 5.89 Å². The number of hydrogen-bond acceptors (Lipinski definition) is 6. The van der Waals surface area contributed by atoms with Crippen LogP contribution in [0.2, 0.25) is 0 Å². The summed E-state index contributed by atoms with van der Waals surface area (Å²) in [6.07, 6.45) is 0.528. The van der Waals surface area contributed by atoms with Gasteiger partial charge in [-0.25, -0.2) is 12.7 Å². The van der Waals surface area contributed by atoms with Crippen LogP contribution < -0.4 is 4.90 Å². The van der Waals surface area contributed by atoms with Crippen molar-refractivity contribution in [2.45, 2.75) is 24.7 Å². The van der Waals surface area contributed by atoms with Crippen LogP contribution in [0.25, 0.3) is 11.5 Å². The molecule has 8 nitrogen and oxygen atoms in total. The Morgan fingerprint density at radius 3 is 2.77 bits per heavy atom. The van der Waals surface area contributed by atoms with E-state index in [1.807, 2.05) is 31.2 Å². The van der Waals surface area contributed by atoms with Gasteiger partial charge in [-0.2, -0.15) is 4.98 Å². The summed E-state index contributed by atoms with van der Waals surface area (Å²) >= 11 is 0. The van der Waals surface area contributed by atoms with Crippen LogP contribution in [0.5, 0.6) is 0 Å². The Balaban J connectivity index is 1.46. The van der Waals surface area contributed by atoms with Crippen molar-refractivity contribution in [1.29, 1.82) is 0 Å². The summed E-state index contributed by atoms with van der Waals surface area (Å²) in [4.78, 5) is 17.9. The van der Waals surface area contributed by atoms with Crippen LogP contribution in [0.1, 0.15) is 17.0 Å². The molecule has 0 N–H and O–H groups in total. The number of benzene rings is 2. The van der Waals surface area contributed by atoms with Gasteiger partial charge in [-0.1, -0.05) is 22.9 Å². The largest absolute Gasteiger partial charge is 0.334 e. The van der Waals surface area contributed by atoms with Crippen molar-refractivity contribution >= 4 is 21.6 Å². The van der Waals surface area contributed by atoms with Gasteiger partial charge in [0.1, 0.15) is 0 Å². The number of sulfonamides is 1. The fraction of sp³-hybridized carbons (Fsp3) is 0.286. The van der Waals surface area contributed by atoms with E-state index >= 15 is 0 Å². The second-order valence-electron chi connectivity index (χ2n) is 7.38. The number of aromatic nitrogens is 2. The first-order valence-corrected chi connectivity index (χ1v) is 10.9. The predicted molar refractivity (Wildman–Crippen MR) is 112 cm³/mol. The van der Waals surface area contributed by atoms with Gasteiger partial charge in [-0.3, -0.25) is 4.79 Å². The lowest BCUT2D eigenvalue weighted by Gasteiger charge is -2.17. The molecule has 0 aliphatic carbocycles. The Morgan fingerprint density at radius 2 is 2.00 bits per heavy atom. The fourth-order valence-electron chi connectivity index (χ4n) is 3.42. The van der Waals surface area contributed by atoms with E-state index in [2.05, 4.69) is 10.1 Å². The van der Waals surface area contributed by atoms with Crippen LogP contribution in [0.3, 0.4) is 0 Å². The monoisotopic (exact) mass is 426 g/mol. The Labute approximate surface area is 175 Å². The van der Waals surface area contributed by atoms with E-state index in [1.54, 1.807) is 19.2 Å². The highest BCUT2D eigenvalue weighted by molar-refractivity contribution is 7.89. The van der Waals surface area contributed by atoms with E-state index in [1.165, 1.54) is 22.3 Å². The third kappa shape index (κ3) is 3.73. The molecule has 2 heterocycles. The average molecular weight is 426 g/mol. The molecule has 1 aromatic heterocycles. The molecule has 4 rings (SSSR count). The van der Waals surface area contributed by atoms with Crippen LogP contribution in [0.15, 0.2) is 51.9 Å². The fourth-order valence-corrected chi connectivity index (χ4v) is 4.64. The number of rotatable bonds is 6. The minimum absolute atomic E-state index is 0.0468. The first-order valence-electron chi connectivity index (χ1n) is 9.51. The van der Waals surface area contributed by atoms with E-state index in [4.69, 9.17) is 4.52 Å². The standard InChI is InChI=1S/C21H22N4O4S/c1-14-5-4-6-15(11-14)21-22-19(23-29-21)9-10-24(2)30(27,28)17-7-8-18-16(12-17)13-20(26)25(18)3/h4-8,11-12H,9-10,13H2,1-3H3. The lowest BCUT2D eigenvalue weighted by atomic mass is 10.1. The lowest BCUT2D eigenvalue weighted by Crippen LogP contribution is -2.29. The molecule has 1 aliphatic heterocycles. The molecule has 0 radical (unpaired) electrons. The van der Waals surface area contributed by atoms with E-state index in [0.717, 1.165) is 22.4 Å². The Kier molecular flexibility index (Phi) is 5.17. The average Bonchev–Trinajstić information content (AvgIpc) is 3.30. The molecule has 0 atom stereocenters. The second kappa shape index (κ2) is 7.66. The molecule has 0 spiro atoms. The number of carbonyl (C=O) groups is 1. The highest BCUT2D eigenvalue weighted by Gasteiger charge is 2.28. The molecular formula is C21H22N4O4S. The van der Waals surface area contributed by atoms with Gasteiger partial charge in [0, 0.05) is 38.3 Å². The van der Waals surface area contributed by atoms with Gasteiger partial charge in [-0.05, 0) is 42.8 Å². The number of likely N-dealkylation sites (N-methyl/N-ethyl adjacent to an activating group) is 2. The summed E-state index contributed by atoms with van der Waals surface area (Å²) in [6.45, 7) is 2.18. The van der Waals surface area contributed by atoms with Crippen molar-refractivity contribution in [2.75, 3.05) is 25.5 Å². The summed E-state index contributed by atoms with van der Waals surface area (Å²) in [6, 6.07) is 12.5. The van der Waals surface area contributed by atoms with Crippen molar-refractivity contribution in [3.05, 3.63) is 59.4 Å². The molecule has 0 saturated heterocycles. The summed E-state index contributed by atoms with van der Waals surface area (Å²) in [5, 5.41) is 3.96. The maximum Gasteiger partial charge on any atom is 0.257 e. The number of carbonyl (C=O) groups excluding carboxylic acids is 1. The molecule has 0 fully saturated rings. The van der Waals surface area contributed by atoms with Gasteiger partial charge >= 0.3 is 0 Å². The van der Waals surface area contributed by atoms with E-state index < -0.39 is 10.0 Å². The molecule has 2 aromatic carbocycles. The first-order chi connectivity index (χ1) is 14.3. The summed E-state index contributed by atoms with van der Waals surface area (Å²) in [5.74, 6) is 0.802. The lowest BCUT2D eigenvalue weighted by molar-refractivity contribution is -0.117. The third-order valence-corrected chi connectivity index (χ3v) is 7.07. The maximum absolute atomic E-state index is 12.9. The van der Waals surface area contributed by atoms with Crippen molar-refractivity contribution in [3.8, 4) is 11.5 Å². The molecule has 30 heavy (non-hydrogen) atoms. The predicted octanol–water partition coefficient (Wildman–Crippen LogP) is 2.43. The molecule has 1 amide bonds. The van der Waals surface area contributed by atoms with Gasteiger partial charge in [-0.15, -0.1) is 0 Å². The quantitative estimate of drug-likeness (QED) is 0.601. The minimum atomic E-state index is -3.70. The number of hydrogen-bond donors (Lipinski definition) is 0. The summed E-state index contributed by atoms with van der Waals surface area (Å²) < 4.78 is 32.5. The van der Waals surface area contributed by atoms with Gasteiger partial charge < -0.3 is 9.42 Å². The SMILES string of the molecule is Cc1cccc(-c2nc(CCN(C)S(=O)(=O)c3ccc4c(c3)CC(=O)N4C)no2)c1. The molecule has 3 aromatic rings. The minimum Gasteiger partial charge on any atom is -0.334 e. The third-order valence-electron chi connectivity index (χ3n) is 5.22. The van der Waals surface area contributed by atoms with Crippen LogP contribution in [0, 0.1) is 6.92 Å². The Hall–Kier alpha value is -3.04.